The molecule has 0 aromatic heterocycles. The highest BCUT2D eigenvalue weighted by atomic mass is 16.5. The second-order valence-corrected chi connectivity index (χ2v) is 8.12. The second-order valence-electron chi connectivity index (χ2n) is 8.12. The predicted octanol–water partition coefficient (Wildman–Crippen LogP) is 4.25. The third-order valence-electron chi connectivity index (χ3n) is 6.03. The maximum Gasteiger partial charge on any atom is 0.407 e. The molecule has 4 rings (SSSR count). The Hall–Kier alpha value is -4.13. The molecule has 2 amide bonds. The van der Waals surface area contributed by atoms with Gasteiger partial charge in [-0.2, -0.15) is 0 Å². The van der Waals surface area contributed by atoms with Gasteiger partial charge in [0.1, 0.15) is 12.6 Å². The van der Waals surface area contributed by atoms with E-state index in [0.29, 0.717) is 5.56 Å². The van der Waals surface area contributed by atoms with Gasteiger partial charge in [-0.1, -0.05) is 85.8 Å². The highest BCUT2D eigenvalue weighted by Crippen LogP contribution is 2.44. The number of fused-ring (bicyclic) bond motifs is 3. The Morgan fingerprint density at radius 2 is 1.41 bits per heavy atom. The quantitative estimate of drug-likeness (QED) is 0.468. The van der Waals surface area contributed by atoms with E-state index in [1.165, 1.54) is 0 Å². The maximum atomic E-state index is 12.7. The summed E-state index contributed by atoms with van der Waals surface area (Å²) in [7, 11) is 0. The predicted molar refractivity (Wildman–Crippen MR) is 127 cm³/mol. The van der Waals surface area contributed by atoms with Gasteiger partial charge < -0.3 is 20.5 Å². The molecule has 1 unspecified atom stereocenters. The van der Waals surface area contributed by atoms with Crippen LogP contribution in [0.5, 0.6) is 0 Å². The first-order chi connectivity index (χ1) is 16.5. The fraction of sp³-hybridized carbons (Fsp3) is 0.222. The molecule has 3 aromatic carbocycles. The highest BCUT2D eigenvalue weighted by Gasteiger charge is 2.30. The Morgan fingerprint density at radius 3 is 1.97 bits per heavy atom. The van der Waals surface area contributed by atoms with E-state index >= 15 is 0 Å². The van der Waals surface area contributed by atoms with Gasteiger partial charge in [-0.05, 0) is 34.2 Å². The average molecular weight is 459 g/mol. The van der Waals surface area contributed by atoms with Gasteiger partial charge in [-0.25, -0.2) is 9.59 Å². The van der Waals surface area contributed by atoms with Gasteiger partial charge in [0, 0.05) is 5.92 Å². The van der Waals surface area contributed by atoms with Gasteiger partial charge in [0.25, 0.3) is 0 Å². The van der Waals surface area contributed by atoms with Gasteiger partial charge in [-0.15, -0.1) is 0 Å². The smallest absolute Gasteiger partial charge is 0.407 e. The fourth-order valence-electron chi connectivity index (χ4n) is 4.31. The van der Waals surface area contributed by atoms with E-state index < -0.39 is 30.1 Å². The van der Waals surface area contributed by atoms with Crippen LogP contribution in [-0.2, 0) is 14.3 Å². The van der Waals surface area contributed by atoms with Crippen molar-refractivity contribution < 1.29 is 24.2 Å². The number of benzene rings is 3. The van der Waals surface area contributed by atoms with Crippen LogP contribution in [0.15, 0.2) is 78.9 Å². The van der Waals surface area contributed by atoms with Crippen molar-refractivity contribution in [2.45, 2.75) is 31.3 Å². The van der Waals surface area contributed by atoms with E-state index in [0.717, 1.165) is 22.3 Å². The van der Waals surface area contributed by atoms with Crippen molar-refractivity contribution in [3.05, 3.63) is 95.6 Å². The van der Waals surface area contributed by atoms with Crippen molar-refractivity contribution in [1.29, 1.82) is 0 Å². The van der Waals surface area contributed by atoms with Crippen LogP contribution in [0.25, 0.3) is 11.1 Å². The minimum Gasteiger partial charge on any atom is -0.479 e. The average Bonchev–Trinajstić information content (AvgIpc) is 3.18. The van der Waals surface area contributed by atoms with Crippen molar-refractivity contribution in [1.82, 2.24) is 10.6 Å². The minimum atomic E-state index is -1.22. The molecule has 34 heavy (non-hydrogen) atoms. The molecule has 7 heteroatoms. The molecule has 174 valence electrons. The normalized spacial score (nSPS) is 13.8. The van der Waals surface area contributed by atoms with Gasteiger partial charge >= 0.3 is 12.1 Å². The fourth-order valence-corrected chi connectivity index (χ4v) is 4.31. The number of nitrogens with one attached hydrogen (secondary N) is 2. The molecule has 7 nitrogen and oxygen atoms in total. The molecule has 0 saturated heterocycles. The lowest BCUT2D eigenvalue weighted by Gasteiger charge is -2.21. The summed E-state index contributed by atoms with van der Waals surface area (Å²) in [5, 5.41) is 14.6. The van der Waals surface area contributed by atoms with Crippen molar-refractivity contribution in [3.8, 4) is 11.1 Å². The first-order valence-electron chi connectivity index (χ1n) is 11.2. The van der Waals surface area contributed by atoms with Crippen molar-refractivity contribution >= 4 is 18.0 Å². The van der Waals surface area contributed by atoms with Crippen LogP contribution in [0.3, 0.4) is 0 Å². The molecule has 0 bridgehead atoms. The molecule has 3 N–H and O–H groups in total. The largest absolute Gasteiger partial charge is 0.479 e. The number of carboxylic acids is 1. The number of ether oxygens (including phenoxy) is 1. The lowest BCUT2D eigenvalue weighted by Crippen LogP contribution is -2.48. The summed E-state index contributed by atoms with van der Waals surface area (Å²) < 4.78 is 5.51. The van der Waals surface area contributed by atoms with E-state index in [9.17, 15) is 19.5 Å². The number of hydrogen-bond acceptors (Lipinski definition) is 4. The molecule has 1 aliphatic carbocycles. The molecular weight excluding hydrogens is 432 g/mol. The molecule has 3 aromatic rings. The number of rotatable bonds is 8. The first-order valence-corrected chi connectivity index (χ1v) is 11.2. The Morgan fingerprint density at radius 1 is 0.853 bits per heavy atom. The first kappa shape index (κ1) is 23.0. The Bertz CT molecular complexity index is 1150. The van der Waals surface area contributed by atoms with E-state index in [-0.39, 0.29) is 18.9 Å². The zero-order valence-corrected chi connectivity index (χ0v) is 18.7. The molecule has 0 heterocycles. The summed E-state index contributed by atoms with van der Waals surface area (Å²) in [5.41, 5.74) is 4.87. The molecule has 2 atom stereocenters. The number of carboxylic acid groups (broad SMARTS) is 1. The summed E-state index contributed by atoms with van der Waals surface area (Å²) in [4.78, 5) is 37.0. The SMILES string of the molecule is CC[C@@H](NC(=O)OCC1c2ccccc2-c2ccccc21)C(=O)NC(C(=O)O)c1ccccc1. The molecule has 0 radical (unpaired) electrons. The number of amides is 2. The molecule has 0 saturated carbocycles. The zero-order chi connectivity index (χ0) is 24.1. The molecule has 1 aliphatic rings. The third kappa shape index (κ3) is 4.78. The second kappa shape index (κ2) is 10.2. The van der Waals surface area contributed by atoms with Crippen molar-refractivity contribution in [2.24, 2.45) is 0 Å². The van der Waals surface area contributed by atoms with Crippen LogP contribution in [0, 0.1) is 0 Å². The summed E-state index contributed by atoms with van der Waals surface area (Å²) >= 11 is 0. The summed E-state index contributed by atoms with van der Waals surface area (Å²) in [6.07, 6.45) is -0.451. The highest BCUT2D eigenvalue weighted by molar-refractivity contribution is 5.89. The molecule has 0 aliphatic heterocycles. The number of alkyl carbamates (subject to hydrolysis) is 1. The van der Waals surface area contributed by atoms with Gasteiger partial charge in [-0.3, -0.25) is 4.79 Å². The molecular formula is C27H26N2O5. The minimum absolute atomic E-state index is 0.0958. The van der Waals surface area contributed by atoms with Crippen molar-refractivity contribution in [3.63, 3.8) is 0 Å². The van der Waals surface area contributed by atoms with E-state index in [4.69, 9.17) is 4.74 Å². The lowest BCUT2D eigenvalue weighted by molar-refractivity contribution is -0.142. The standard InChI is InChI=1S/C27H26N2O5/c1-2-23(25(30)29-24(26(31)32)17-10-4-3-5-11-17)28-27(33)34-16-22-20-14-8-6-12-18(20)19-13-7-9-15-21(19)22/h3-15,22-24H,2,16H2,1H3,(H,28,33)(H,29,30)(H,31,32)/t23-,24?/m1/s1. The molecule has 0 spiro atoms. The number of hydrogen-bond donors (Lipinski definition) is 3. The zero-order valence-electron chi connectivity index (χ0n) is 18.7. The van der Waals surface area contributed by atoms with Crippen LogP contribution >= 0.6 is 0 Å². The van der Waals surface area contributed by atoms with Crippen LogP contribution < -0.4 is 10.6 Å². The van der Waals surface area contributed by atoms with Crippen LogP contribution in [0.1, 0.15) is 42.0 Å². The van der Waals surface area contributed by atoms with E-state index in [1.54, 1.807) is 37.3 Å². The lowest BCUT2D eigenvalue weighted by atomic mass is 9.98. The number of aliphatic carboxylic acids is 1. The monoisotopic (exact) mass is 458 g/mol. The summed E-state index contributed by atoms with van der Waals surface area (Å²) in [6, 6.07) is 22.3. The van der Waals surface area contributed by atoms with Crippen molar-refractivity contribution in [2.75, 3.05) is 6.61 Å². The van der Waals surface area contributed by atoms with E-state index in [2.05, 4.69) is 22.8 Å². The Kier molecular flexibility index (Phi) is 6.92. The Labute approximate surface area is 197 Å². The third-order valence-corrected chi connectivity index (χ3v) is 6.03. The van der Waals surface area contributed by atoms with Crippen LogP contribution in [0.2, 0.25) is 0 Å². The van der Waals surface area contributed by atoms with Crippen LogP contribution in [-0.4, -0.2) is 35.7 Å². The number of carbonyl (C=O) groups is 3. The van der Waals surface area contributed by atoms with Gasteiger partial charge in [0.05, 0.1) is 0 Å². The number of carbonyl (C=O) groups excluding carboxylic acids is 2. The van der Waals surface area contributed by atoms with Crippen LogP contribution in [0.4, 0.5) is 4.79 Å². The molecule has 0 fully saturated rings. The van der Waals surface area contributed by atoms with Gasteiger partial charge in [0.15, 0.2) is 6.04 Å². The van der Waals surface area contributed by atoms with Gasteiger partial charge in [0.2, 0.25) is 5.91 Å². The topological polar surface area (TPSA) is 105 Å². The Balaban J connectivity index is 1.39. The maximum absolute atomic E-state index is 12.7. The van der Waals surface area contributed by atoms with E-state index in [1.807, 2.05) is 36.4 Å². The summed E-state index contributed by atoms with van der Waals surface area (Å²) in [6.45, 7) is 1.85. The summed E-state index contributed by atoms with van der Waals surface area (Å²) in [5.74, 6) is -1.87.